The van der Waals surface area contributed by atoms with Crippen LogP contribution in [0.3, 0.4) is 0 Å². The van der Waals surface area contributed by atoms with E-state index in [2.05, 4.69) is 0 Å². The molecule has 0 aliphatic carbocycles. The second-order valence-electron chi connectivity index (χ2n) is 7.42. The first kappa shape index (κ1) is 21.3. The van der Waals surface area contributed by atoms with Crippen molar-refractivity contribution in [3.05, 3.63) is 65.7 Å². The van der Waals surface area contributed by atoms with Crippen LogP contribution in [0.15, 0.2) is 54.6 Å². The number of sulfonamides is 1. The SMILES string of the molecule is COc1ccccc1CN(C)C(=O)C1CCN(S(=O)(=O)Cc2ccccc2)CC1. The third kappa shape index (κ3) is 5.36. The molecule has 2 aromatic rings. The molecule has 1 aliphatic rings. The number of amides is 1. The number of hydrogen-bond acceptors (Lipinski definition) is 4. The van der Waals surface area contributed by atoms with Crippen molar-refractivity contribution >= 4 is 15.9 Å². The first-order valence-corrected chi connectivity index (χ1v) is 11.4. The molecule has 1 fully saturated rings. The predicted molar refractivity (Wildman–Crippen MR) is 113 cm³/mol. The Morgan fingerprint density at radius 1 is 1.07 bits per heavy atom. The van der Waals surface area contributed by atoms with Crippen LogP contribution in [-0.4, -0.2) is 50.8 Å². The summed E-state index contributed by atoms with van der Waals surface area (Å²) in [5.74, 6) is 0.656. The molecular formula is C22H28N2O4S. The Balaban J connectivity index is 1.56. The van der Waals surface area contributed by atoms with E-state index in [0.29, 0.717) is 32.5 Å². The molecule has 0 radical (unpaired) electrons. The first-order chi connectivity index (χ1) is 13.9. The van der Waals surface area contributed by atoms with Crippen LogP contribution >= 0.6 is 0 Å². The van der Waals surface area contributed by atoms with Gasteiger partial charge in [-0.15, -0.1) is 0 Å². The second kappa shape index (κ2) is 9.41. The topological polar surface area (TPSA) is 66.9 Å². The Kier molecular flexibility index (Phi) is 6.92. The highest BCUT2D eigenvalue weighted by atomic mass is 32.2. The highest BCUT2D eigenvalue weighted by Crippen LogP contribution is 2.25. The summed E-state index contributed by atoms with van der Waals surface area (Å²) < 4.78 is 32.3. The Bertz CT molecular complexity index is 923. The van der Waals surface area contributed by atoms with Crippen molar-refractivity contribution in [2.75, 3.05) is 27.2 Å². The zero-order chi connectivity index (χ0) is 20.9. The summed E-state index contributed by atoms with van der Waals surface area (Å²) in [7, 11) is 0.0309. The van der Waals surface area contributed by atoms with Gasteiger partial charge in [-0.05, 0) is 24.5 Å². The minimum atomic E-state index is -3.37. The zero-order valence-electron chi connectivity index (χ0n) is 17.0. The standard InChI is InChI=1S/C22H28N2O4S/c1-23(16-20-10-6-7-11-21(20)28-2)22(25)19-12-14-24(15-13-19)29(26,27)17-18-8-4-3-5-9-18/h3-11,19H,12-17H2,1-2H3. The number of rotatable bonds is 7. The van der Waals surface area contributed by atoms with Crippen molar-refractivity contribution < 1.29 is 17.9 Å². The Hall–Kier alpha value is -2.38. The molecule has 0 atom stereocenters. The molecule has 0 bridgehead atoms. The van der Waals surface area contributed by atoms with Gasteiger partial charge in [0.1, 0.15) is 5.75 Å². The molecule has 29 heavy (non-hydrogen) atoms. The molecule has 1 amide bonds. The fourth-order valence-electron chi connectivity index (χ4n) is 3.74. The van der Waals surface area contributed by atoms with E-state index in [1.165, 1.54) is 4.31 Å². The zero-order valence-corrected chi connectivity index (χ0v) is 17.8. The molecule has 156 valence electrons. The Labute approximate surface area is 173 Å². The molecule has 0 aromatic heterocycles. The molecule has 2 aromatic carbocycles. The summed E-state index contributed by atoms with van der Waals surface area (Å²) in [4.78, 5) is 14.6. The van der Waals surface area contributed by atoms with Crippen molar-refractivity contribution in [3.8, 4) is 5.75 Å². The molecular weight excluding hydrogens is 388 g/mol. The van der Waals surface area contributed by atoms with Gasteiger partial charge in [0.05, 0.1) is 12.9 Å². The van der Waals surface area contributed by atoms with E-state index in [9.17, 15) is 13.2 Å². The van der Waals surface area contributed by atoms with Crippen molar-refractivity contribution in [3.63, 3.8) is 0 Å². The van der Waals surface area contributed by atoms with Gasteiger partial charge in [0.15, 0.2) is 0 Å². The number of methoxy groups -OCH3 is 1. The average molecular weight is 417 g/mol. The summed E-state index contributed by atoms with van der Waals surface area (Å²) in [6.45, 7) is 1.23. The maximum Gasteiger partial charge on any atom is 0.225 e. The number of carbonyl (C=O) groups excluding carboxylic acids is 1. The van der Waals surface area contributed by atoms with Gasteiger partial charge in [0.25, 0.3) is 0 Å². The van der Waals surface area contributed by atoms with Gasteiger partial charge in [0.2, 0.25) is 15.9 Å². The van der Waals surface area contributed by atoms with Crippen LogP contribution in [0.1, 0.15) is 24.0 Å². The minimum Gasteiger partial charge on any atom is -0.496 e. The van der Waals surface area contributed by atoms with Gasteiger partial charge in [-0.25, -0.2) is 12.7 Å². The third-order valence-electron chi connectivity index (χ3n) is 5.36. The molecule has 0 N–H and O–H groups in total. The van der Waals surface area contributed by atoms with Gasteiger partial charge < -0.3 is 9.64 Å². The van der Waals surface area contributed by atoms with E-state index in [0.717, 1.165) is 16.9 Å². The van der Waals surface area contributed by atoms with Crippen molar-refractivity contribution in [1.29, 1.82) is 0 Å². The number of nitrogens with zero attached hydrogens (tertiary/aromatic N) is 2. The molecule has 6 nitrogen and oxygen atoms in total. The van der Waals surface area contributed by atoms with Gasteiger partial charge >= 0.3 is 0 Å². The molecule has 1 saturated heterocycles. The lowest BCUT2D eigenvalue weighted by molar-refractivity contribution is -0.135. The number of benzene rings is 2. The second-order valence-corrected chi connectivity index (χ2v) is 9.39. The number of para-hydroxylation sites is 1. The summed E-state index contributed by atoms with van der Waals surface area (Å²) in [5, 5.41) is 0. The summed E-state index contributed by atoms with van der Waals surface area (Å²) in [6.07, 6.45) is 1.09. The first-order valence-electron chi connectivity index (χ1n) is 9.79. The molecule has 1 heterocycles. The number of hydrogen-bond donors (Lipinski definition) is 0. The predicted octanol–water partition coefficient (Wildman–Crippen LogP) is 2.90. The van der Waals surface area contributed by atoms with Crippen LogP contribution in [0.4, 0.5) is 0 Å². The fourth-order valence-corrected chi connectivity index (χ4v) is 5.30. The number of piperidine rings is 1. The summed E-state index contributed by atoms with van der Waals surface area (Å²) in [6, 6.07) is 16.8. The van der Waals surface area contributed by atoms with E-state index in [-0.39, 0.29) is 17.6 Å². The highest BCUT2D eigenvalue weighted by Gasteiger charge is 2.32. The molecule has 3 rings (SSSR count). The lowest BCUT2D eigenvalue weighted by atomic mass is 9.96. The van der Waals surface area contributed by atoms with E-state index >= 15 is 0 Å². The van der Waals surface area contributed by atoms with Crippen LogP contribution in [-0.2, 0) is 27.1 Å². The molecule has 1 aliphatic heterocycles. The molecule has 0 saturated carbocycles. The van der Waals surface area contributed by atoms with Gasteiger partial charge in [-0.1, -0.05) is 48.5 Å². The quantitative estimate of drug-likeness (QED) is 0.696. The van der Waals surface area contributed by atoms with E-state index in [1.54, 1.807) is 19.1 Å². The van der Waals surface area contributed by atoms with Crippen LogP contribution in [0.25, 0.3) is 0 Å². The van der Waals surface area contributed by atoms with E-state index < -0.39 is 10.0 Å². The Morgan fingerprint density at radius 2 is 1.69 bits per heavy atom. The lowest BCUT2D eigenvalue weighted by Crippen LogP contribution is -2.43. The molecule has 0 spiro atoms. The van der Waals surface area contributed by atoms with Gasteiger partial charge in [-0.3, -0.25) is 4.79 Å². The summed E-state index contributed by atoms with van der Waals surface area (Å²) >= 11 is 0. The number of carbonyl (C=O) groups is 1. The summed E-state index contributed by atoms with van der Waals surface area (Å²) in [5.41, 5.74) is 1.73. The van der Waals surface area contributed by atoms with Crippen LogP contribution in [0, 0.1) is 5.92 Å². The Morgan fingerprint density at radius 3 is 2.34 bits per heavy atom. The van der Waals surface area contributed by atoms with Crippen LogP contribution in [0.2, 0.25) is 0 Å². The van der Waals surface area contributed by atoms with Crippen LogP contribution in [0.5, 0.6) is 5.75 Å². The van der Waals surface area contributed by atoms with E-state index in [4.69, 9.17) is 4.74 Å². The van der Waals surface area contributed by atoms with E-state index in [1.807, 2.05) is 54.6 Å². The smallest absolute Gasteiger partial charge is 0.225 e. The fraction of sp³-hybridized carbons (Fsp3) is 0.409. The highest BCUT2D eigenvalue weighted by molar-refractivity contribution is 7.88. The monoisotopic (exact) mass is 416 g/mol. The van der Waals surface area contributed by atoms with Crippen molar-refractivity contribution in [2.24, 2.45) is 5.92 Å². The molecule has 7 heteroatoms. The average Bonchev–Trinajstić information content (AvgIpc) is 2.74. The van der Waals surface area contributed by atoms with Crippen LogP contribution < -0.4 is 4.74 Å². The third-order valence-corrected chi connectivity index (χ3v) is 7.21. The minimum absolute atomic E-state index is 0.000156. The van der Waals surface area contributed by atoms with Gasteiger partial charge in [0, 0.05) is 38.2 Å². The number of ether oxygens (including phenoxy) is 1. The molecule has 0 unspecified atom stereocenters. The van der Waals surface area contributed by atoms with Crippen molar-refractivity contribution in [1.82, 2.24) is 9.21 Å². The maximum atomic E-state index is 12.9. The van der Waals surface area contributed by atoms with Gasteiger partial charge in [-0.2, -0.15) is 0 Å². The normalized spacial score (nSPS) is 15.8. The lowest BCUT2D eigenvalue weighted by Gasteiger charge is -2.32. The largest absolute Gasteiger partial charge is 0.496 e. The van der Waals surface area contributed by atoms with Crippen molar-refractivity contribution in [2.45, 2.75) is 25.1 Å². The maximum absolute atomic E-state index is 12.9.